The molecule has 1 aliphatic heterocycles. The number of nitrogens with zero attached hydrogens (tertiary/aromatic N) is 3. The van der Waals surface area contributed by atoms with Gasteiger partial charge < -0.3 is 9.88 Å². The van der Waals surface area contributed by atoms with E-state index in [0.717, 1.165) is 42.8 Å². The number of carbonyl (C=O) groups excluding carboxylic acids is 1. The molecule has 1 aromatic heterocycles. The number of nitrogens with one attached hydrogen (secondary N) is 1. The number of rotatable bonds is 7. The Morgan fingerprint density at radius 2 is 1.84 bits per heavy atom. The van der Waals surface area contributed by atoms with Gasteiger partial charge in [0, 0.05) is 25.7 Å². The molecule has 1 saturated carbocycles. The van der Waals surface area contributed by atoms with Crippen molar-refractivity contribution in [3.63, 3.8) is 0 Å². The van der Waals surface area contributed by atoms with Crippen LogP contribution >= 0.6 is 11.8 Å². The van der Waals surface area contributed by atoms with Gasteiger partial charge in [-0.25, -0.2) is 13.4 Å². The number of fused-ring (bicyclic) bond motifs is 1. The van der Waals surface area contributed by atoms with E-state index in [2.05, 4.69) is 10.3 Å². The van der Waals surface area contributed by atoms with Gasteiger partial charge in [0.05, 0.1) is 21.7 Å². The smallest absolute Gasteiger partial charge is 0.243 e. The maximum absolute atomic E-state index is 13.0. The Hall–Kier alpha value is -1.58. The number of carbonyl (C=O) groups is 1. The standard InChI is InChI=1S/C22H32N4O3S2/c1-2-26-20-12-11-18(31(28,29)25-13-7-4-8-14-25)15-19(20)24-22(26)30-16-21(27)23-17-9-5-3-6-10-17/h11-12,15,17H,2-10,13-14,16H2,1H3,(H,23,27). The highest BCUT2D eigenvalue weighted by molar-refractivity contribution is 7.99. The first-order valence-corrected chi connectivity index (χ1v) is 13.8. The summed E-state index contributed by atoms with van der Waals surface area (Å²) in [6.45, 7) is 3.91. The number of benzene rings is 1. The molecule has 1 aliphatic carbocycles. The van der Waals surface area contributed by atoms with Crippen LogP contribution in [0.15, 0.2) is 28.3 Å². The zero-order valence-corrected chi connectivity index (χ0v) is 19.8. The first-order chi connectivity index (χ1) is 15.0. The van der Waals surface area contributed by atoms with Gasteiger partial charge in [0.1, 0.15) is 0 Å². The summed E-state index contributed by atoms with van der Waals surface area (Å²) in [7, 11) is -3.49. The van der Waals surface area contributed by atoms with Crippen molar-refractivity contribution >= 4 is 38.7 Å². The fourth-order valence-electron chi connectivity index (χ4n) is 4.56. The lowest BCUT2D eigenvalue weighted by Gasteiger charge is -2.25. The molecule has 1 N–H and O–H groups in total. The molecule has 2 aromatic rings. The van der Waals surface area contributed by atoms with Crippen molar-refractivity contribution in [3.05, 3.63) is 18.2 Å². The van der Waals surface area contributed by atoms with E-state index >= 15 is 0 Å². The molecule has 0 spiro atoms. The van der Waals surface area contributed by atoms with Crippen molar-refractivity contribution in [3.8, 4) is 0 Å². The molecule has 1 saturated heterocycles. The molecule has 0 bridgehead atoms. The molecular formula is C22H32N4O3S2. The van der Waals surface area contributed by atoms with E-state index < -0.39 is 10.0 Å². The Morgan fingerprint density at radius 3 is 2.55 bits per heavy atom. The van der Waals surface area contributed by atoms with Gasteiger partial charge in [-0.05, 0) is 50.8 Å². The van der Waals surface area contributed by atoms with E-state index in [0.29, 0.717) is 41.8 Å². The lowest BCUT2D eigenvalue weighted by Crippen LogP contribution is -2.37. The third kappa shape index (κ3) is 5.09. The molecule has 0 unspecified atom stereocenters. The molecule has 9 heteroatoms. The molecule has 0 radical (unpaired) electrons. The Labute approximate surface area is 189 Å². The second-order valence-electron chi connectivity index (χ2n) is 8.45. The molecule has 7 nitrogen and oxygen atoms in total. The third-order valence-corrected chi connectivity index (χ3v) is 9.13. The number of aromatic nitrogens is 2. The SMILES string of the molecule is CCn1c(SCC(=O)NC2CCCCC2)nc2cc(S(=O)(=O)N3CCCCC3)ccc21. The van der Waals surface area contributed by atoms with Crippen LogP contribution in [0.3, 0.4) is 0 Å². The van der Waals surface area contributed by atoms with E-state index in [1.165, 1.54) is 31.0 Å². The van der Waals surface area contributed by atoms with Crippen LogP contribution in [0.5, 0.6) is 0 Å². The third-order valence-electron chi connectivity index (χ3n) is 6.26. The number of hydrogen-bond donors (Lipinski definition) is 1. The largest absolute Gasteiger partial charge is 0.353 e. The Bertz CT molecular complexity index is 1020. The number of hydrogen-bond acceptors (Lipinski definition) is 5. The highest BCUT2D eigenvalue weighted by atomic mass is 32.2. The summed E-state index contributed by atoms with van der Waals surface area (Å²) >= 11 is 1.42. The van der Waals surface area contributed by atoms with Gasteiger partial charge in [-0.2, -0.15) is 4.31 Å². The summed E-state index contributed by atoms with van der Waals surface area (Å²) in [5.41, 5.74) is 1.56. The minimum absolute atomic E-state index is 0.0416. The monoisotopic (exact) mass is 464 g/mol. The van der Waals surface area contributed by atoms with Crippen molar-refractivity contribution < 1.29 is 13.2 Å². The van der Waals surface area contributed by atoms with Crippen molar-refractivity contribution in [1.29, 1.82) is 0 Å². The second kappa shape index (κ2) is 9.92. The van der Waals surface area contributed by atoms with Crippen molar-refractivity contribution in [2.45, 2.75) is 80.9 Å². The number of thioether (sulfide) groups is 1. The summed E-state index contributed by atoms with van der Waals surface area (Å²) in [4.78, 5) is 17.4. The van der Waals surface area contributed by atoms with Crippen molar-refractivity contribution in [1.82, 2.24) is 19.2 Å². The summed E-state index contributed by atoms with van der Waals surface area (Å²) in [5.74, 6) is 0.360. The first-order valence-electron chi connectivity index (χ1n) is 11.4. The maximum Gasteiger partial charge on any atom is 0.243 e. The van der Waals surface area contributed by atoms with Gasteiger partial charge in [-0.15, -0.1) is 0 Å². The zero-order valence-electron chi connectivity index (χ0n) is 18.2. The van der Waals surface area contributed by atoms with Crippen LogP contribution in [-0.2, 0) is 21.4 Å². The quantitative estimate of drug-likeness (QED) is 0.631. The number of sulfonamides is 1. The van der Waals surface area contributed by atoms with Gasteiger partial charge >= 0.3 is 0 Å². The molecule has 2 fully saturated rings. The van der Waals surface area contributed by atoms with Crippen LogP contribution in [0.1, 0.15) is 58.3 Å². The topological polar surface area (TPSA) is 84.3 Å². The van der Waals surface area contributed by atoms with Crippen molar-refractivity contribution in [2.24, 2.45) is 0 Å². The van der Waals surface area contributed by atoms with E-state index in [4.69, 9.17) is 0 Å². The Morgan fingerprint density at radius 1 is 1.13 bits per heavy atom. The fraction of sp³-hybridized carbons (Fsp3) is 0.636. The van der Waals surface area contributed by atoms with Gasteiger partial charge in [-0.3, -0.25) is 4.79 Å². The highest BCUT2D eigenvalue weighted by Crippen LogP contribution is 2.28. The molecule has 2 heterocycles. The lowest BCUT2D eigenvalue weighted by atomic mass is 9.95. The molecule has 31 heavy (non-hydrogen) atoms. The average molecular weight is 465 g/mol. The minimum Gasteiger partial charge on any atom is -0.353 e. The summed E-state index contributed by atoms with van der Waals surface area (Å²) in [5, 5.41) is 3.90. The predicted octanol–water partition coefficient (Wildman–Crippen LogP) is 3.77. The maximum atomic E-state index is 13.0. The van der Waals surface area contributed by atoms with Gasteiger partial charge in [0.2, 0.25) is 15.9 Å². The van der Waals surface area contributed by atoms with Crippen molar-refractivity contribution in [2.75, 3.05) is 18.8 Å². The first kappa shape index (κ1) is 22.6. The molecule has 170 valence electrons. The van der Waals surface area contributed by atoms with Gasteiger partial charge in [-0.1, -0.05) is 37.4 Å². The van der Waals surface area contributed by atoms with Crippen LogP contribution in [0.4, 0.5) is 0 Å². The summed E-state index contributed by atoms with van der Waals surface area (Å²) < 4.78 is 29.7. The molecule has 1 aromatic carbocycles. The van der Waals surface area contributed by atoms with E-state index in [9.17, 15) is 13.2 Å². The van der Waals surface area contributed by atoms with Crippen LogP contribution in [0, 0.1) is 0 Å². The van der Waals surface area contributed by atoms with E-state index in [1.807, 2.05) is 17.6 Å². The molecule has 0 atom stereocenters. The normalized spacial score (nSPS) is 19.0. The fourth-order valence-corrected chi connectivity index (χ4v) is 6.99. The molecule has 1 amide bonds. The highest BCUT2D eigenvalue weighted by Gasteiger charge is 2.27. The van der Waals surface area contributed by atoms with Gasteiger partial charge in [0.25, 0.3) is 0 Å². The number of piperidine rings is 1. The Kier molecular flexibility index (Phi) is 7.23. The molecular weight excluding hydrogens is 432 g/mol. The molecule has 2 aliphatic rings. The van der Waals surface area contributed by atoms with E-state index in [-0.39, 0.29) is 5.91 Å². The lowest BCUT2D eigenvalue weighted by molar-refractivity contribution is -0.119. The summed E-state index contributed by atoms with van der Waals surface area (Å²) in [6.07, 6.45) is 8.68. The predicted molar refractivity (Wildman–Crippen MR) is 124 cm³/mol. The number of aryl methyl sites for hydroxylation is 1. The zero-order chi connectivity index (χ0) is 21.8. The number of imidazole rings is 1. The Balaban J connectivity index is 1.49. The second-order valence-corrected chi connectivity index (χ2v) is 11.3. The van der Waals surface area contributed by atoms with Crippen LogP contribution in [-0.4, -0.2) is 53.1 Å². The van der Waals surface area contributed by atoms with Gasteiger partial charge in [0.15, 0.2) is 5.16 Å². The van der Waals surface area contributed by atoms with E-state index in [1.54, 1.807) is 16.4 Å². The van der Waals surface area contributed by atoms with Crippen LogP contribution < -0.4 is 5.32 Å². The van der Waals surface area contributed by atoms with Crippen LogP contribution in [0.25, 0.3) is 11.0 Å². The number of amides is 1. The summed E-state index contributed by atoms with van der Waals surface area (Å²) in [6, 6.07) is 5.51. The molecule has 4 rings (SSSR count). The van der Waals surface area contributed by atoms with Crippen LogP contribution in [0.2, 0.25) is 0 Å². The average Bonchev–Trinajstić information content (AvgIpc) is 3.15. The minimum atomic E-state index is -3.49.